The van der Waals surface area contributed by atoms with Gasteiger partial charge < -0.3 is 4.74 Å². The Morgan fingerprint density at radius 1 is 1.07 bits per heavy atom. The van der Waals surface area contributed by atoms with E-state index in [4.69, 9.17) is 4.74 Å². The van der Waals surface area contributed by atoms with Gasteiger partial charge in [0.1, 0.15) is 5.78 Å². The third-order valence-electron chi connectivity index (χ3n) is 2.01. The van der Waals surface area contributed by atoms with Gasteiger partial charge in [-0.25, -0.2) is 0 Å². The summed E-state index contributed by atoms with van der Waals surface area (Å²) in [7, 11) is 0. The summed E-state index contributed by atoms with van der Waals surface area (Å²) in [5.41, 5.74) is 0. The normalized spacial score (nSPS) is 9.86. The van der Waals surface area contributed by atoms with Crippen molar-refractivity contribution in [3.8, 4) is 0 Å². The number of rotatable bonds is 8. The van der Waals surface area contributed by atoms with Crippen molar-refractivity contribution >= 4 is 11.8 Å². The van der Waals surface area contributed by atoms with Crippen molar-refractivity contribution in [1.29, 1.82) is 0 Å². The van der Waals surface area contributed by atoms with Crippen molar-refractivity contribution in [2.75, 3.05) is 6.61 Å². The zero-order chi connectivity index (χ0) is 10.8. The van der Waals surface area contributed by atoms with Gasteiger partial charge in [-0.05, 0) is 6.42 Å². The Kier molecular flexibility index (Phi) is 8.19. The monoisotopic (exact) mass is 200 g/mol. The number of carbonyl (C=O) groups is 2. The van der Waals surface area contributed by atoms with E-state index in [0.29, 0.717) is 19.4 Å². The summed E-state index contributed by atoms with van der Waals surface area (Å²) in [5.74, 6) is -0.126. The molecule has 0 spiro atoms. The summed E-state index contributed by atoms with van der Waals surface area (Å²) in [6.07, 6.45) is 4.18. The van der Waals surface area contributed by atoms with Gasteiger partial charge in [-0.3, -0.25) is 9.59 Å². The Labute approximate surface area is 85.8 Å². The predicted octanol–water partition coefficient (Wildman–Crippen LogP) is 2.48. The number of hydrogen-bond donors (Lipinski definition) is 0. The van der Waals surface area contributed by atoms with E-state index < -0.39 is 0 Å². The van der Waals surface area contributed by atoms with Crippen LogP contribution in [0, 0.1) is 0 Å². The van der Waals surface area contributed by atoms with E-state index in [9.17, 15) is 9.59 Å². The third-order valence-corrected chi connectivity index (χ3v) is 2.01. The fourth-order valence-electron chi connectivity index (χ4n) is 1.03. The first-order valence-corrected chi connectivity index (χ1v) is 5.38. The molecule has 3 heteroatoms. The van der Waals surface area contributed by atoms with E-state index in [2.05, 4.69) is 6.92 Å². The maximum atomic E-state index is 11.1. The standard InChI is InChI=1S/C11H20O3/c1-3-5-6-9-14-11(13)8-7-10(12)4-2/h3-9H2,1-2H3. The summed E-state index contributed by atoms with van der Waals surface area (Å²) >= 11 is 0. The highest BCUT2D eigenvalue weighted by atomic mass is 16.5. The molecule has 0 N–H and O–H groups in total. The molecular weight excluding hydrogens is 180 g/mol. The summed E-state index contributed by atoms with van der Waals surface area (Å²) in [5, 5.41) is 0. The van der Waals surface area contributed by atoms with Crippen LogP contribution in [0.25, 0.3) is 0 Å². The molecule has 0 bridgehead atoms. The molecule has 3 nitrogen and oxygen atoms in total. The molecule has 0 aromatic carbocycles. The molecular formula is C11H20O3. The van der Waals surface area contributed by atoms with Gasteiger partial charge in [-0.2, -0.15) is 0 Å². The predicted molar refractivity (Wildman–Crippen MR) is 55.0 cm³/mol. The van der Waals surface area contributed by atoms with Crippen LogP contribution in [-0.2, 0) is 14.3 Å². The maximum Gasteiger partial charge on any atom is 0.306 e. The lowest BCUT2D eigenvalue weighted by atomic mass is 10.2. The quantitative estimate of drug-likeness (QED) is 0.446. The Hall–Kier alpha value is -0.860. The lowest BCUT2D eigenvalue weighted by molar-refractivity contribution is -0.144. The van der Waals surface area contributed by atoms with E-state index in [0.717, 1.165) is 19.3 Å². The van der Waals surface area contributed by atoms with Gasteiger partial charge in [0, 0.05) is 12.8 Å². The minimum absolute atomic E-state index is 0.121. The van der Waals surface area contributed by atoms with Gasteiger partial charge in [0.15, 0.2) is 0 Å². The molecule has 0 aromatic rings. The fourth-order valence-corrected chi connectivity index (χ4v) is 1.03. The van der Waals surface area contributed by atoms with Crippen molar-refractivity contribution in [2.24, 2.45) is 0 Å². The lowest BCUT2D eigenvalue weighted by Crippen LogP contribution is -2.08. The molecule has 0 saturated carbocycles. The largest absolute Gasteiger partial charge is 0.466 e. The molecule has 82 valence electrons. The number of ketones is 1. The van der Waals surface area contributed by atoms with Crippen LogP contribution in [0.5, 0.6) is 0 Å². The fraction of sp³-hybridized carbons (Fsp3) is 0.818. The Balaban J connectivity index is 3.32. The SMILES string of the molecule is CCCCCOC(=O)CCC(=O)CC. The van der Waals surface area contributed by atoms with Crippen LogP contribution in [0.2, 0.25) is 0 Å². The minimum Gasteiger partial charge on any atom is -0.466 e. The highest BCUT2D eigenvalue weighted by Crippen LogP contribution is 1.99. The van der Waals surface area contributed by atoms with Crippen molar-refractivity contribution in [1.82, 2.24) is 0 Å². The van der Waals surface area contributed by atoms with Crippen LogP contribution < -0.4 is 0 Å². The van der Waals surface area contributed by atoms with Gasteiger partial charge in [0.25, 0.3) is 0 Å². The third kappa shape index (κ3) is 7.77. The summed E-state index contributed by atoms with van der Waals surface area (Å²) in [6.45, 7) is 4.39. The molecule has 0 saturated heterocycles. The zero-order valence-corrected chi connectivity index (χ0v) is 9.17. The topological polar surface area (TPSA) is 43.4 Å². The Bertz CT molecular complexity index is 175. The molecule has 14 heavy (non-hydrogen) atoms. The van der Waals surface area contributed by atoms with Gasteiger partial charge >= 0.3 is 5.97 Å². The first-order chi connectivity index (χ1) is 6.70. The number of Topliss-reactive ketones (excluding diaryl/α,β-unsaturated/α-hetero) is 1. The summed E-state index contributed by atoms with van der Waals surface area (Å²) in [6, 6.07) is 0. The number of unbranched alkanes of at least 4 members (excludes halogenated alkanes) is 2. The van der Waals surface area contributed by atoms with Gasteiger partial charge in [-0.1, -0.05) is 26.7 Å². The molecule has 0 amide bonds. The first-order valence-electron chi connectivity index (χ1n) is 5.38. The molecule has 0 heterocycles. The average molecular weight is 200 g/mol. The second-order valence-electron chi connectivity index (χ2n) is 3.32. The van der Waals surface area contributed by atoms with Crippen molar-refractivity contribution in [3.05, 3.63) is 0 Å². The van der Waals surface area contributed by atoms with Crippen LogP contribution in [-0.4, -0.2) is 18.4 Å². The molecule has 0 aliphatic rings. The maximum absolute atomic E-state index is 11.1. The van der Waals surface area contributed by atoms with Gasteiger partial charge in [0.2, 0.25) is 0 Å². The number of hydrogen-bond acceptors (Lipinski definition) is 3. The van der Waals surface area contributed by atoms with Crippen LogP contribution in [0.15, 0.2) is 0 Å². The van der Waals surface area contributed by atoms with Gasteiger partial charge in [-0.15, -0.1) is 0 Å². The van der Waals surface area contributed by atoms with E-state index in [-0.39, 0.29) is 18.2 Å². The molecule has 0 unspecified atom stereocenters. The average Bonchev–Trinajstić information content (AvgIpc) is 2.21. The van der Waals surface area contributed by atoms with Crippen LogP contribution >= 0.6 is 0 Å². The Morgan fingerprint density at radius 3 is 2.36 bits per heavy atom. The molecule has 0 aromatic heterocycles. The zero-order valence-electron chi connectivity index (χ0n) is 9.17. The number of esters is 1. The highest BCUT2D eigenvalue weighted by molar-refractivity contribution is 5.82. The molecule has 0 radical (unpaired) electrons. The second-order valence-corrected chi connectivity index (χ2v) is 3.32. The van der Waals surface area contributed by atoms with Crippen molar-refractivity contribution < 1.29 is 14.3 Å². The van der Waals surface area contributed by atoms with Gasteiger partial charge in [0.05, 0.1) is 13.0 Å². The van der Waals surface area contributed by atoms with E-state index in [1.54, 1.807) is 6.92 Å². The van der Waals surface area contributed by atoms with Crippen molar-refractivity contribution in [3.63, 3.8) is 0 Å². The summed E-state index contributed by atoms with van der Waals surface area (Å²) < 4.78 is 4.95. The molecule has 0 aliphatic carbocycles. The smallest absolute Gasteiger partial charge is 0.306 e. The second kappa shape index (κ2) is 8.73. The summed E-state index contributed by atoms with van der Waals surface area (Å²) in [4.78, 5) is 21.9. The molecule has 0 fully saturated rings. The molecule has 0 rings (SSSR count). The van der Waals surface area contributed by atoms with Crippen LogP contribution in [0.4, 0.5) is 0 Å². The molecule has 0 atom stereocenters. The van der Waals surface area contributed by atoms with Crippen molar-refractivity contribution in [2.45, 2.75) is 52.4 Å². The first kappa shape index (κ1) is 13.1. The van der Waals surface area contributed by atoms with Crippen LogP contribution in [0.3, 0.4) is 0 Å². The van der Waals surface area contributed by atoms with Crippen LogP contribution in [0.1, 0.15) is 52.4 Å². The minimum atomic E-state index is -0.247. The highest BCUT2D eigenvalue weighted by Gasteiger charge is 2.05. The lowest BCUT2D eigenvalue weighted by Gasteiger charge is -2.03. The van der Waals surface area contributed by atoms with E-state index in [1.165, 1.54) is 0 Å². The van der Waals surface area contributed by atoms with E-state index >= 15 is 0 Å². The van der Waals surface area contributed by atoms with E-state index in [1.807, 2.05) is 0 Å². The Morgan fingerprint density at radius 2 is 1.79 bits per heavy atom. The number of carbonyl (C=O) groups excluding carboxylic acids is 2. The molecule has 0 aliphatic heterocycles. The number of ether oxygens (including phenoxy) is 1.